The fourth-order valence-electron chi connectivity index (χ4n) is 4.61. The van der Waals surface area contributed by atoms with Gasteiger partial charge in [0.05, 0.1) is 23.2 Å². The normalized spacial score (nSPS) is 11.2. The molecule has 0 aliphatic carbocycles. The molecule has 0 unspecified atom stereocenters. The van der Waals surface area contributed by atoms with Gasteiger partial charge in [-0.1, -0.05) is 109 Å². The molecule has 0 radical (unpaired) electrons. The van der Waals surface area contributed by atoms with Crippen LogP contribution < -0.4 is 14.4 Å². The lowest BCUT2D eigenvalue weighted by Gasteiger charge is -2.25. The molecule has 0 saturated heterocycles. The molecule has 0 bridgehead atoms. The van der Waals surface area contributed by atoms with Crippen molar-refractivity contribution >= 4 is 21.6 Å². The Morgan fingerprint density at radius 1 is 0.714 bits per heavy atom. The number of amides is 1. The molecule has 6 nitrogen and oxygen atoms in total. The van der Waals surface area contributed by atoms with Gasteiger partial charge in [0.25, 0.3) is 15.9 Å². The van der Waals surface area contributed by atoms with Crippen molar-refractivity contribution in [2.75, 3.05) is 10.9 Å². The second kappa shape index (κ2) is 13.2. The molecule has 0 aliphatic rings. The van der Waals surface area contributed by atoms with Gasteiger partial charge in [-0.2, -0.15) is 0 Å². The molecular weight excluding hydrogens is 544 g/mol. The van der Waals surface area contributed by atoms with E-state index in [4.69, 9.17) is 4.74 Å². The predicted octanol–water partition coefficient (Wildman–Crippen LogP) is 6.68. The third-order valence-corrected chi connectivity index (χ3v) is 8.63. The molecule has 0 atom stereocenters. The smallest absolute Gasteiger partial charge is 0.264 e. The molecule has 0 spiro atoms. The van der Waals surface area contributed by atoms with Crippen LogP contribution in [0.15, 0.2) is 144 Å². The first kappa shape index (κ1) is 28.6. The number of rotatable bonds is 11. The lowest BCUT2D eigenvalue weighted by atomic mass is 9.99. The molecule has 5 rings (SSSR count). The molecule has 0 saturated carbocycles. The van der Waals surface area contributed by atoms with E-state index < -0.39 is 10.0 Å². The molecule has 5 aromatic rings. The molecule has 212 valence electrons. The van der Waals surface area contributed by atoms with Gasteiger partial charge in [0.2, 0.25) is 0 Å². The summed E-state index contributed by atoms with van der Waals surface area (Å²) in [6.45, 7) is 1.89. The molecular formula is C35H32N2O4S. The van der Waals surface area contributed by atoms with Gasteiger partial charge >= 0.3 is 0 Å². The molecule has 0 aromatic heterocycles. The third-order valence-electron chi connectivity index (χ3n) is 6.84. The van der Waals surface area contributed by atoms with Crippen molar-refractivity contribution in [2.45, 2.75) is 24.4 Å². The molecule has 5 aromatic carbocycles. The van der Waals surface area contributed by atoms with E-state index in [2.05, 4.69) is 5.32 Å². The Morgan fingerprint density at radius 3 is 1.79 bits per heavy atom. The highest BCUT2D eigenvalue weighted by atomic mass is 32.2. The van der Waals surface area contributed by atoms with Gasteiger partial charge in [-0.25, -0.2) is 8.42 Å². The van der Waals surface area contributed by atoms with Crippen LogP contribution in [0.5, 0.6) is 5.75 Å². The second-order valence-electron chi connectivity index (χ2n) is 9.91. The minimum Gasteiger partial charge on any atom is -0.484 e. The van der Waals surface area contributed by atoms with Gasteiger partial charge in [-0.05, 0) is 60.0 Å². The molecule has 1 N–H and O–H groups in total. The van der Waals surface area contributed by atoms with Crippen molar-refractivity contribution in [1.29, 1.82) is 0 Å². The number of hydrogen-bond acceptors (Lipinski definition) is 4. The number of nitrogens with one attached hydrogen (secondary N) is 1. The zero-order chi connectivity index (χ0) is 29.4. The van der Waals surface area contributed by atoms with Gasteiger partial charge in [0.1, 0.15) is 5.75 Å². The van der Waals surface area contributed by atoms with E-state index in [1.807, 2.05) is 97.9 Å². The van der Waals surface area contributed by atoms with Crippen LogP contribution in [0, 0.1) is 6.92 Å². The van der Waals surface area contributed by atoms with Crippen molar-refractivity contribution in [3.63, 3.8) is 0 Å². The topological polar surface area (TPSA) is 75.7 Å². The van der Waals surface area contributed by atoms with E-state index in [1.165, 1.54) is 4.31 Å². The van der Waals surface area contributed by atoms with Crippen molar-refractivity contribution in [2.24, 2.45) is 0 Å². The zero-order valence-corrected chi connectivity index (χ0v) is 24.1. The highest BCUT2D eigenvalue weighted by molar-refractivity contribution is 7.92. The van der Waals surface area contributed by atoms with Crippen molar-refractivity contribution in [3.05, 3.63) is 162 Å². The first-order chi connectivity index (χ1) is 20.4. The monoisotopic (exact) mass is 576 g/mol. The fraction of sp³-hybridized carbons (Fsp3) is 0.114. The first-order valence-corrected chi connectivity index (χ1v) is 15.1. The Balaban J connectivity index is 1.31. The number of sulfonamides is 1. The average Bonchev–Trinajstić information content (AvgIpc) is 3.03. The number of nitrogens with zero attached hydrogens (tertiary/aromatic N) is 1. The van der Waals surface area contributed by atoms with E-state index in [0.29, 0.717) is 11.4 Å². The SMILES string of the molecule is Cc1ccc(S(=O)(=O)N(Cc2ccccc2)c2ccc(OCC(=O)NC(c3ccccc3)c3ccccc3)cc2)cc1. The standard InChI is InChI=1S/C35H32N2O4S/c1-27-17-23-33(24-18-27)42(39,40)37(25-28-11-5-2-6-12-28)31-19-21-32(22-20-31)41-26-34(38)36-35(29-13-7-3-8-14-29)30-15-9-4-10-16-30/h2-24,35H,25-26H2,1H3,(H,36,38). The number of hydrogen-bond donors (Lipinski definition) is 1. The zero-order valence-electron chi connectivity index (χ0n) is 23.3. The summed E-state index contributed by atoms with van der Waals surface area (Å²) in [5.74, 6) is 0.182. The Labute approximate surface area is 247 Å². The number of aryl methyl sites for hydroxylation is 1. The van der Waals surface area contributed by atoms with Gasteiger partial charge in [-0.15, -0.1) is 0 Å². The molecule has 7 heteroatoms. The molecule has 0 heterocycles. The maximum absolute atomic E-state index is 13.7. The lowest BCUT2D eigenvalue weighted by Crippen LogP contribution is -2.33. The van der Waals surface area contributed by atoms with Crippen LogP contribution >= 0.6 is 0 Å². The average molecular weight is 577 g/mol. The quantitative estimate of drug-likeness (QED) is 0.190. The Morgan fingerprint density at radius 2 is 1.24 bits per heavy atom. The molecule has 0 fully saturated rings. The summed E-state index contributed by atoms with van der Waals surface area (Å²) in [6.07, 6.45) is 0. The minimum absolute atomic E-state index is 0.167. The maximum atomic E-state index is 13.7. The van der Waals surface area contributed by atoms with Crippen molar-refractivity contribution in [1.82, 2.24) is 5.32 Å². The summed E-state index contributed by atoms with van der Waals surface area (Å²) >= 11 is 0. The van der Waals surface area contributed by atoms with Crippen LogP contribution in [0.25, 0.3) is 0 Å². The van der Waals surface area contributed by atoms with Crippen LogP contribution in [0.3, 0.4) is 0 Å². The highest BCUT2D eigenvalue weighted by Gasteiger charge is 2.25. The predicted molar refractivity (Wildman–Crippen MR) is 166 cm³/mol. The highest BCUT2D eigenvalue weighted by Crippen LogP contribution is 2.28. The number of anilines is 1. The summed E-state index contributed by atoms with van der Waals surface area (Å²) in [5, 5.41) is 3.07. The van der Waals surface area contributed by atoms with Gasteiger partial charge in [-0.3, -0.25) is 9.10 Å². The van der Waals surface area contributed by atoms with Crippen molar-refractivity contribution in [3.8, 4) is 5.75 Å². The molecule has 1 amide bonds. The second-order valence-corrected chi connectivity index (χ2v) is 11.8. The van der Waals surface area contributed by atoms with Crippen LogP contribution in [0.4, 0.5) is 5.69 Å². The summed E-state index contributed by atoms with van der Waals surface area (Å²) in [5.41, 5.74) is 4.26. The van der Waals surface area contributed by atoms with E-state index in [-0.39, 0.29) is 30.0 Å². The van der Waals surface area contributed by atoms with E-state index in [9.17, 15) is 13.2 Å². The van der Waals surface area contributed by atoms with Gasteiger partial charge < -0.3 is 10.1 Å². The van der Waals surface area contributed by atoms with E-state index >= 15 is 0 Å². The van der Waals surface area contributed by atoms with Crippen LogP contribution in [-0.4, -0.2) is 20.9 Å². The van der Waals surface area contributed by atoms with Gasteiger partial charge in [0, 0.05) is 0 Å². The largest absolute Gasteiger partial charge is 0.484 e. The lowest BCUT2D eigenvalue weighted by molar-refractivity contribution is -0.123. The van der Waals surface area contributed by atoms with Crippen LogP contribution in [-0.2, 0) is 21.4 Å². The van der Waals surface area contributed by atoms with Crippen LogP contribution in [0.1, 0.15) is 28.3 Å². The number of carbonyl (C=O) groups is 1. The Hall–Kier alpha value is -4.88. The number of ether oxygens (including phenoxy) is 1. The Kier molecular flexibility index (Phi) is 8.99. The molecule has 0 aliphatic heterocycles. The number of carbonyl (C=O) groups excluding carboxylic acids is 1. The van der Waals surface area contributed by atoms with Crippen LogP contribution in [0.2, 0.25) is 0 Å². The Bertz CT molecular complexity index is 1650. The summed E-state index contributed by atoms with van der Waals surface area (Å²) in [6, 6.07) is 42.2. The number of benzene rings is 5. The molecule has 42 heavy (non-hydrogen) atoms. The van der Waals surface area contributed by atoms with E-state index in [0.717, 1.165) is 22.3 Å². The summed E-state index contributed by atoms with van der Waals surface area (Å²) < 4.78 is 34.6. The third kappa shape index (κ3) is 7.06. The van der Waals surface area contributed by atoms with Gasteiger partial charge in [0.15, 0.2) is 6.61 Å². The fourth-order valence-corrected chi connectivity index (χ4v) is 6.06. The van der Waals surface area contributed by atoms with E-state index in [1.54, 1.807) is 48.5 Å². The first-order valence-electron chi connectivity index (χ1n) is 13.7. The summed E-state index contributed by atoms with van der Waals surface area (Å²) in [7, 11) is -3.85. The summed E-state index contributed by atoms with van der Waals surface area (Å²) in [4.78, 5) is 13.2. The minimum atomic E-state index is -3.85. The maximum Gasteiger partial charge on any atom is 0.264 e. The van der Waals surface area contributed by atoms with Crippen molar-refractivity contribution < 1.29 is 17.9 Å².